The van der Waals surface area contributed by atoms with Crippen LogP contribution in [-0.4, -0.2) is 59.4 Å². The lowest BCUT2D eigenvalue weighted by molar-refractivity contribution is 0.0657. The van der Waals surface area contributed by atoms with Crippen molar-refractivity contribution in [3.63, 3.8) is 0 Å². The molecule has 0 saturated carbocycles. The summed E-state index contributed by atoms with van der Waals surface area (Å²) in [6, 6.07) is 3.45. The van der Waals surface area contributed by atoms with Gasteiger partial charge in [-0.25, -0.2) is 9.98 Å². The molecule has 0 radical (unpaired) electrons. The number of amides is 1. The van der Waals surface area contributed by atoms with E-state index < -0.39 is 0 Å². The fourth-order valence-electron chi connectivity index (χ4n) is 2.83. The van der Waals surface area contributed by atoms with Crippen LogP contribution in [0.3, 0.4) is 0 Å². The molecule has 1 amide bonds. The Morgan fingerprint density at radius 3 is 2.63 bits per heavy atom. The molecule has 0 aromatic carbocycles. The molecule has 1 saturated heterocycles. The number of nitrogens with one attached hydrogen (secondary N) is 1. The normalized spacial score (nSPS) is 14.8. The predicted octanol–water partition coefficient (Wildman–Crippen LogP) is 2.84. The maximum atomic E-state index is 12.4. The van der Waals surface area contributed by atoms with Crippen molar-refractivity contribution in [1.82, 2.24) is 20.1 Å². The van der Waals surface area contributed by atoms with Crippen LogP contribution in [0, 0.1) is 0 Å². The molecule has 2 aromatic rings. The summed E-state index contributed by atoms with van der Waals surface area (Å²) in [6.07, 6.45) is 4.47. The number of halogens is 1. The molecule has 7 nitrogen and oxygen atoms in total. The van der Waals surface area contributed by atoms with E-state index in [1.807, 2.05) is 11.1 Å². The second-order valence-electron chi connectivity index (χ2n) is 6.00. The van der Waals surface area contributed by atoms with Gasteiger partial charge in [-0.15, -0.1) is 35.3 Å². The zero-order valence-electron chi connectivity index (χ0n) is 15.7. The third kappa shape index (κ3) is 5.68. The average molecular weight is 503 g/mol. The van der Waals surface area contributed by atoms with E-state index in [0.717, 1.165) is 37.0 Å². The summed E-state index contributed by atoms with van der Waals surface area (Å²) in [4.78, 5) is 26.8. The van der Waals surface area contributed by atoms with Crippen molar-refractivity contribution >= 4 is 47.2 Å². The number of piperazine rings is 1. The van der Waals surface area contributed by atoms with Gasteiger partial charge in [0.05, 0.1) is 12.8 Å². The van der Waals surface area contributed by atoms with E-state index in [4.69, 9.17) is 9.41 Å². The Morgan fingerprint density at radius 2 is 2.04 bits per heavy atom. The van der Waals surface area contributed by atoms with E-state index in [9.17, 15) is 4.79 Å². The molecule has 0 unspecified atom stereocenters. The molecule has 9 heteroatoms. The Bertz CT molecular complexity index is 739. The quantitative estimate of drug-likeness (QED) is 0.386. The summed E-state index contributed by atoms with van der Waals surface area (Å²) >= 11 is 1.71. The summed E-state index contributed by atoms with van der Waals surface area (Å²) in [7, 11) is 0. The summed E-state index contributed by atoms with van der Waals surface area (Å²) in [5, 5.41) is 4.38. The lowest BCUT2D eigenvalue weighted by atomic mass is 10.3. The molecule has 3 heterocycles. The molecule has 2 aromatic heterocycles. The van der Waals surface area contributed by atoms with Crippen LogP contribution in [0.15, 0.2) is 34.0 Å². The minimum Gasteiger partial charge on any atom is -0.459 e. The number of hydrogen-bond donors (Lipinski definition) is 1. The van der Waals surface area contributed by atoms with Gasteiger partial charge in [0.15, 0.2) is 11.7 Å². The van der Waals surface area contributed by atoms with Gasteiger partial charge < -0.3 is 19.5 Å². The van der Waals surface area contributed by atoms with Crippen LogP contribution >= 0.6 is 35.3 Å². The van der Waals surface area contributed by atoms with E-state index in [-0.39, 0.29) is 29.9 Å². The minimum atomic E-state index is -0.0496. The van der Waals surface area contributed by atoms with E-state index in [1.165, 1.54) is 11.1 Å². The highest BCUT2D eigenvalue weighted by molar-refractivity contribution is 14.0. The molecule has 0 spiro atoms. The molecule has 27 heavy (non-hydrogen) atoms. The molecule has 148 valence electrons. The number of furan rings is 1. The van der Waals surface area contributed by atoms with E-state index >= 15 is 0 Å². The standard InChI is InChI=1S/C18H25N5O2S.HI/c1-3-14-12-20-16(26-14)13-21-18(19-4-2)23-9-7-22(8-10-23)17(24)15-6-5-11-25-15;/h5-6,11-12H,3-4,7-10,13H2,1-2H3,(H,19,21);1H. The van der Waals surface area contributed by atoms with Crippen molar-refractivity contribution in [2.45, 2.75) is 26.8 Å². The minimum absolute atomic E-state index is 0. The third-order valence-electron chi connectivity index (χ3n) is 4.25. The molecule has 1 aliphatic rings. The highest BCUT2D eigenvalue weighted by Gasteiger charge is 2.25. The third-order valence-corrected chi connectivity index (χ3v) is 5.37. The predicted molar refractivity (Wildman–Crippen MR) is 118 cm³/mol. The topological polar surface area (TPSA) is 74.0 Å². The molecule has 0 bridgehead atoms. The van der Waals surface area contributed by atoms with Gasteiger partial charge in [-0.05, 0) is 25.5 Å². The summed E-state index contributed by atoms with van der Waals surface area (Å²) < 4.78 is 5.21. The van der Waals surface area contributed by atoms with Gasteiger partial charge in [0.2, 0.25) is 0 Å². The largest absolute Gasteiger partial charge is 0.459 e. The van der Waals surface area contributed by atoms with E-state index in [2.05, 4.69) is 29.0 Å². The fraction of sp³-hybridized carbons (Fsp3) is 0.500. The second kappa shape index (κ2) is 10.6. The van der Waals surface area contributed by atoms with E-state index in [0.29, 0.717) is 25.4 Å². The smallest absolute Gasteiger partial charge is 0.289 e. The zero-order chi connectivity index (χ0) is 18.4. The van der Waals surface area contributed by atoms with Gasteiger partial charge >= 0.3 is 0 Å². The summed E-state index contributed by atoms with van der Waals surface area (Å²) in [5.74, 6) is 1.23. The SMILES string of the molecule is CCNC(=NCc1ncc(CC)s1)N1CCN(C(=O)c2ccco2)CC1.I. The van der Waals surface area contributed by atoms with Crippen molar-refractivity contribution in [2.75, 3.05) is 32.7 Å². The van der Waals surface area contributed by atoms with Crippen LogP contribution in [0.5, 0.6) is 0 Å². The molecule has 0 aliphatic carbocycles. The molecular formula is C18H26IN5O2S. The highest BCUT2D eigenvalue weighted by atomic mass is 127. The molecule has 1 fully saturated rings. The van der Waals surface area contributed by atoms with Crippen LogP contribution in [0.2, 0.25) is 0 Å². The monoisotopic (exact) mass is 503 g/mol. The first kappa shape index (κ1) is 21.7. The van der Waals surface area contributed by atoms with Gasteiger partial charge in [-0.3, -0.25) is 4.79 Å². The van der Waals surface area contributed by atoms with Crippen LogP contribution < -0.4 is 5.32 Å². The van der Waals surface area contributed by atoms with Crippen LogP contribution in [0.1, 0.15) is 34.3 Å². The average Bonchev–Trinajstić information content (AvgIpc) is 3.36. The number of rotatable bonds is 5. The maximum Gasteiger partial charge on any atom is 0.289 e. The first-order chi connectivity index (χ1) is 12.7. The van der Waals surface area contributed by atoms with Crippen LogP contribution in [0.25, 0.3) is 0 Å². The van der Waals surface area contributed by atoms with Crippen molar-refractivity contribution in [1.29, 1.82) is 0 Å². The van der Waals surface area contributed by atoms with Crippen LogP contribution in [-0.2, 0) is 13.0 Å². The number of carbonyl (C=O) groups is 1. The Balaban J connectivity index is 0.00000261. The number of aromatic nitrogens is 1. The van der Waals surface area contributed by atoms with Gasteiger partial charge in [0, 0.05) is 43.8 Å². The summed E-state index contributed by atoms with van der Waals surface area (Å²) in [6.45, 7) is 8.38. The van der Waals surface area contributed by atoms with Crippen LogP contribution in [0.4, 0.5) is 0 Å². The lowest BCUT2D eigenvalue weighted by Gasteiger charge is -2.36. The molecular weight excluding hydrogens is 477 g/mol. The first-order valence-electron chi connectivity index (χ1n) is 9.00. The first-order valence-corrected chi connectivity index (χ1v) is 9.82. The van der Waals surface area contributed by atoms with Gasteiger partial charge in [-0.2, -0.15) is 0 Å². The summed E-state index contributed by atoms with van der Waals surface area (Å²) in [5.41, 5.74) is 0. The van der Waals surface area contributed by atoms with Crippen molar-refractivity contribution in [2.24, 2.45) is 4.99 Å². The molecule has 1 N–H and O–H groups in total. The highest BCUT2D eigenvalue weighted by Crippen LogP contribution is 2.15. The number of aliphatic imine (C=N–C) groups is 1. The number of nitrogens with zero attached hydrogens (tertiary/aromatic N) is 4. The fourth-order valence-corrected chi connectivity index (χ4v) is 3.62. The number of carbonyl (C=O) groups excluding carboxylic acids is 1. The Morgan fingerprint density at radius 1 is 1.30 bits per heavy atom. The molecule has 0 atom stereocenters. The van der Waals surface area contributed by atoms with Gasteiger partial charge in [-0.1, -0.05) is 6.92 Å². The van der Waals surface area contributed by atoms with E-state index in [1.54, 1.807) is 23.5 Å². The van der Waals surface area contributed by atoms with Crippen molar-refractivity contribution in [3.8, 4) is 0 Å². The number of guanidine groups is 1. The van der Waals surface area contributed by atoms with Crippen molar-refractivity contribution < 1.29 is 9.21 Å². The maximum absolute atomic E-state index is 12.4. The number of thiazole rings is 1. The lowest BCUT2D eigenvalue weighted by Crippen LogP contribution is -2.53. The van der Waals surface area contributed by atoms with Gasteiger partial charge in [0.25, 0.3) is 5.91 Å². The zero-order valence-corrected chi connectivity index (χ0v) is 18.8. The molecule has 1 aliphatic heterocycles. The Labute approximate surface area is 180 Å². The number of aryl methyl sites for hydroxylation is 1. The molecule has 3 rings (SSSR count). The Kier molecular flexibility index (Phi) is 8.55. The Hall–Kier alpha value is -1.62. The second-order valence-corrected chi connectivity index (χ2v) is 7.20. The number of hydrogen-bond acceptors (Lipinski definition) is 5. The van der Waals surface area contributed by atoms with Crippen molar-refractivity contribution in [3.05, 3.63) is 40.2 Å². The van der Waals surface area contributed by atoms with Gasteiger partial charge in [0.1, 0.15) is 5.01 Å².